The van der Waals surface area contributed by atoms with E-state index < -0.39 is 12.0 Å². The van der Waals surface area contributed by atoms with Gasteiger partial charge in [0.1, 0.15) is 11.9 Å². The second-order valence-electron chi connectivity index (χ2n) is 5.54. The van der Waals surface area contributed by atoms with Gasteiger partial charge in [-0.25, -0.2) is 14.6 Å². The van der Waals surface area contributed by atoms with Gasteiger partial charge in [0, 0.05) is 13.6 Å². The van der Waals surface area contributed by atoms with Crippen molar-refractivity contribution in [2.75, 3.05) is 26.0 Å². The summed E-state index contributed by atoms with van der Waals surface area (Å²) in [5, 5.41) is 2.98. The Hall–Kier alpha value is -3.01. The number of aromatic nitrogens is 1. The van der Waals surface area contributed by atoms with Crippen LogP contribution in [0.15, 0.2) is 30.5 Å². The molecule has 0 unspecified atom stereocenters. The van der Waals surface area contributed by atoms with Crippen molar-refractivity contribution in [1.82, 2.24) is 9.88 Å². The number of rotatable bonds is 8. The van der Waals surface area contributed by atoms with Gasteiger partial charge in [0.2, 0.25) is 0 Å². The molecule has 1 N–H and O–H groups in total. The minimum absolute atomic E-state index is 0.141. The normalized spacial score (nSPS) is 10.2. The van der Waals surface area contributed by atoms with Crippen LogP contribution in [0.5, 0.6) is 5.75 Å². The zero-order valence-corrected chi connectivity index (χ0v) is 16.1. The maximum Gasteiger partial charge on any atom is 0.414 e. The Labute approximate surface area is 160 Å². The fourth-order valence-electron chi connectivity index (χ4n) is 2.06. The number of benzene rings is 1. The second kappa shape index (κ2) is 9.62. The Morgan fingerprint density at radius 2 is 2.07 bits per heavy atom. The van der Waals surface area contributed by atoms with Crippen molar-refractivity contribution in [2.24, 2.45) is 0 Å². The summed E-state index contributed by atoms with van der Waals surface area (Å²) in [7, 11) is 2.87. The number of unbranched alkanes of at least 4 members (excludes halogenated alkanes) is 1. The van der Waals surface area contributed by atoms with Gasteiger partial charge in [0.25, 0.3) is 10.8 Å². The number of thiazole rings is 1. The van der Waals surface area contributed by atoms with Crippen molar-refractivity contribution in [2.45, 2.75) is 19.8 Å². The molecule has 144 valence electrons. The quantitative estimate of drug-likeness (QED) is 0.688. The van der Waals surface area contributed by atoms with E-state index >= 15 is 0 Å². The molecule has 0 aliphatic carbocycles. The number of amides is 2. The zero-order valence-electron chi connectivity index (χ0n) is 15.3. The Morgan fingerprint density at radius 3 is 2.78 bits per heavy atom. The summed E-state index contributed by atoms with van der Waals surface area (Å²) in [5.74, 6) is -0.368. The van der Waals surface area contributed by atoms with Crippen LogP contribution in [0.4, 0.5) is 14.9 Å². The van der Waals surface area contributed by atoms with Crippen molar-refractivity contribution in [3.8, 4) is 5.75 Å². The summed E-state index contributed by atoms with van der Waals surface area (Å²) in [6.07, 6.45) is 2.56. The monoisotopic (exact) mass is 393 g/mol. The second-order valence-corrected chi connectivity index (χ2v) is 6.55. The summed E-state index contributed by atoms with van der Waals surface area (Å²) in [4.78, 5) is 46.3. The van der Waals surface area contributed by atoms with Gasteiger partial charge in [-0.3, -0.25) is 10.1 Å². The topological polar surface area (TPSA) is 101 Å². The van der Waals surface area contributed by atoms with Crippen LogP contribution in [0.1, 0.15) is 30.1 Å². The molecule has 1 aromatic heterocycles. The third kappa shape index (κ3) is 5.48. The molecule has 10 heteroatoms. The predicted octanol–water partition coefficient (Wildman–Crippen LogP) is 3.60. The molecule has 0 aliphatic rings. The maximum atomic E-state index is 12.5. The molecule has 0 saturated heterocycles. The minimum Gasteiger partial charge on any atom is -0.409 e. The van der Waals surface area contributed by atoms with Gasteiger partial charge < -0.3 is 9.64 Å². The lowest BCUT2D eigenvalue weighted by molar-refractivity contribution is -0.734. The van der Waals surface area contributed by atoms with Crippen molar-refractivity contribution >= 4 is 33.5 Å². The van der Waals surface area contributed by atoms with Crippen molar-refractivity contribution in [3.05, 3.63) is 40.9 Å². The van der Waals surface area contributed by atoms with Crippen LogP contribution >= 0.6 is 11.3 Å². The smallest absolute Gasteiger partial charge is 0.409 e. The average molecular weight is 393 g/mol. The first-order valence-electron chi connectivity index (χ1n) is 8.26. The largest absolute Gasteiger partial charge is 0.414 e. The first kappa shape index (κ1) is 20.3. The molecule has 2 rings (SSSR count). The molecule has 0 radical (unpaired) electrons. The van der Waals surface area contributed by atoms with Gasteiger partial charge in [0.05, 0.1) is 10.5 Å². The van der Waals surface area contributed by atoms with E-state index in [0.29, 0.717) is 6.54 Å². The molecule has 27 heavy (non-hydrogen) atoms. The third-order valence-electron chi connectivity index (χ3n) is 3.55. The fraction of sp³-hybridized carbons (Fsp3) is 0.353. The van der Waals surface area contributed by atoms with Gasteiger partial charge in [0.15, 0.2) is 12.2 Å². The number of hydrogen-bond donors (Lipinski definition) is 1. The molecule has 1 heterocycles. The van der Waals surface area contributed by atoms with Crippen LogP contribution < -0.4 is 10.1 Å². The van der Waals surface area contributed by atoms with Gasteiger partial charge in [-0.05, 0) is 29.9 Å². The van der Waals surface area contributed by atoms with E-state index in [-0.39, 0.29) is 26.4 Å². The lowest BCUT2D eigenvalue weighted by Gasteiger charge is -2.17. The highest BCUT2D eigenvalue weighted by molar-refractivity contribution is 7.18. The molecular formula is C17H21N4O5S+. The number of carbonyl (C=O) groups excluding carboxylic acids is 2. The van der Waals surface area contributed by atoms with Gasteiger partial charge in [-0.15, -0.1) is 0 Å². The first-order chi connectivity index (χ1) is 13.0. The molecule has 1 aromatic carbocycles. The average Bonchev–Trinajstić information content (AvgIpc) is 3.14. The van der Waals surface area contributed by atoms with Crippen LogP contribution in [0.2, 0.25) is 0 Å². The lowest BCUT2D eigenvalue weighted by atomic mass is 10.2. The molecule has 0 saturated carbocycles. The van der Waals surface area contributed by atoms with E-state index in [0.717, 1.165) is 24.2 Å². The van der Waals surface area contributed by atoms with Crippen LogP contribution in [0, 0.1) is 4.91 Å². The van der Waals surface area contributed by atoms with Gasteiger partial charge >= 0.3 is 11.1 Å². The van der Waals surface area contributed by atoms with Crippen LogP contribution in [-0.2, 0) is 4.84 Å². The summed E-state index contributed by atoms with van der Waals surface area (Å²) in [6, 6.07) is 6.40. The minimum atomic E-state index is -0.540. The molecule has 0 fully saturated rings. The number of nitrogens with zero attached hydrogens (tertiary/aromatic N) is 3. The highest BCUT2D eigenvalue weighted by Crippen LogP contribution is 2.27. The summed E-state index contributed by atoms with van der Waals surface area (Å²) < 4.78 is 5.35. The predicted molar refractivity (Wildman–Crippen MR) is 100 cm³/mol. The number of ether oxygens (including phenoxy) is 1. The third-order valence-corrected chi connectivity index (χ3v) is 4.41. The number of carbonyl (C=O) groups is 2. The highest BCUT2D eigenvalue weighted by atomic mass is 32.1. The Balaban J connectivity index is 2.10. The molecule has 0 aliphatic heterocycles. The highest BCUT2D eigenvalue weighted by Gasteiger charge is 2.22. The van der Waals surface area contributed by atoms with Gasteiger partial charge in [-0.2, -0.15) is 0 Å². The standard InChI is InChI=1S/C17H20N4O5S/c1-4-5-10-20(2)17(23)26-13-9-7-6-8-12(13)15(22)19-16-18-11-14(27-16)21(24)25-3/h6-9,11H,4-5,10H2,1-3H3/p+1. The van der Waals surface area contributed by atoms with E-state index in [1.807, 2.05) is 6.92 Å². The molecule has 2 amide bonds. The van der Waals surface area contributed by atoms with Crippen LogP contribution in [0.25, 0.3) is 0 Å². The van der Waals surface area contributed by atoms with Crippen LogP contribution in [0.3, 0.4) is 0 Å². The zero-order chi connectivity index (χ0) is 19.8. The van der Waals surface area contributed by atoms with Gasteiger partial charge in [-0.1, -0.05) is 25.5 Å². The summed E-state index contributed by atoms with van der Waals surface area (Å²) in [5.41, 5.74) is 0.178. The Kier molecular flexibility index (Phi) is 7.24. The summed E-state index contributed by atoms with van der Waals surface area (Å²) >= 11 is 0.952. The SMILES string of the molecule is CCCCN(C)C(=O)Oc1ccccc1C(=O)Nc1ncc([N+](=O)OC)s1. The van der Waals surface area contributed by atoms with E-state index in [9.17, 15) is 14.5 Å². The molecule has 9 nitrogen and oxygen atoms in total. The van der Waals surface area contributed by atoms with E-state index in [2.05, 4.69) is 15.1 Å². The first-order valence-corrected chi connectivity index (χ1v) is 9.08. The van der Waals surface area contributed by atoms with E-state index in [1.54, 1.807) is 19.2 Å². The molecule has 0 bridgehead atoms. The van der Waals surface area contributed by atoms with E-state index in [4.69, 9.17) is 4.74 Å². The molecule has 2 aromatic rings. The molecule has 0 spiro atoms. The lowest BCUT2D eigenvalue weighted by Crippen LogP contribution is -2.31. The van der Waals surface area contributed by atoms with Crippen molar-refractivity contribution in [1.29, 1.82) is 0 Å². The number of para-hydroxylation sites is 1. The number of anilines is 1. The molecule has 0 atom stereocenters. The molecular weight excluding hydrogens is 372 g/mol. The van der Waals surface area contributed by atoms with E-state index in [1.165, 1.54) is 30.3 Å². The van der Waals surface area contributed by atoms with Crippen molar-refractivity contribution < 1.29 is 24.1 Å². The maximum absolute atomic E-state index is 12.5. The van der Waals surface area contributed by atoms with Crippen molar-refractivity contribution in [3.63, 3.8) is 0 Å². The number of nitrogens with one attached hydrogen (secondary N) is 1. The van der Waals surface area contributed by atoms with Crippen LogP contribution in [-0.4, -0.2) is 47.5 Å². The Morgan fingerprint density at radius 1 is 1.33 bits per heavy atom. The summed E-state index contributed by atoms with van der Waals surface area (Å²) in [6.45, 7) is 2.60. The Bertz CT molecular complexity index is 823. The fourth-order valence-corrected chi connectivity index (χ4v) is 2.77. The number of hydrogen-bond acceptors (Lipinski definition) is 7.